The van der Waals surface area contributed by atoms with Crippen LogP contribution in [0.25, 0.3) is 0 Å². The van der Waals surface area contributed by atoms with Crippen LogP contribution < -0.4 is 5.32 Å². The van der Waals surface area contributed by atoms with Crippen molar-refractivity contribution in [3.63, 3.8) is 0 Å². The predicted molar refractivity (Wildman–Crippen MR) is 102 cm³/mol. The highest BCUT2D eigenvalue weighted by atomic mass is 16.7. The van der Waals surface area contributed by atoms with Crippen molar-refractivity contribution in [1.29, 1.82) is 5.26 Å². The van der Waals surface area contributed by atoms with Crippen LogP contribution in [0.15, 0.2) is 54.2 Å². The van der Waals surface area contributed by atoms with Crippen molar-refractivity contribution in [2.75, 3.05) is 0 Å². The first-order valence-electron chi connectivity index (χ1n) is 8.67. The summed E-state index contributed by atoms with van der Waals surface area (Å²) < 4.78 is 11.9. The number of hydrogen-bond donors (Lipinski definition) is 1. The zero-order valence-electron chi connectivity index (χ0n) is 15.7. The molecule has 1 aromatic carbocycles. The van der Waals surface area contributed by atoms with Crippen molar-refractivity contribution in [2.45, 2.75) is 58.3 Å². The van der Waals surface area contributed by atoms with Crippen LogP contribution in [0.4, 0.5) is 0 Å². The Morgan fingerprint density at radius 3 is 2.36 bits per heavy atom. The standard InChI is InChI=1S/C20H27BN2O2/c1-16(17-10-7-6-8-11-17)23-18(13-15-22)12-9-14-21-24-19(2,3)20(4,5)25-21/h6-11,13-14,16,23H,12H2,1-5H3/b14-9+,18-13-. The second kappa shape index (κ2) is 7.90. The highest BCUT2D eigenvalue weighted by molar-refractivity contribution is 6.51. The van der Waals surface area contributed by atoms with E-state index in [4.69, 9.17) is 14.6 Å². The van der Waals surface area contributed by atoms with E-state index in [0.717, 1.165) is 5.70 Å². The molecule has 1 aromatic rings. The van der Waals surface area contributed by atoms with E-state index < -0.39 is 0 Å². The maximum absolute atomic E-state index is 9.03. The number of benzene rings is 1. The SMILES string of the molecule is CC(N/C(=C\C#N)C/C=C/B1OC(C)(C)C(C)(C)O1)c1ccccc1. The molecule has 4 nitrogen and oxygen atoms in total. The van der Waals surface area contributed by atoms with Gasteiger partial charge in [0.05, 0.1) is 17.3 Å². The van der Waals surface area contributed by atoms with Gasteiger partial charge in [-0.1, -0.05) is 42.4 Å². The summed E-state index contributed by atoms with van der Waals surface area (Å²) in [6.07, 6.45) is 4.15. The second-order valence-electron chi connectivity index (χ2n) is 7.33. The van der Waals surface area contributed by atoms with Crippen LogP contribution in [0.5, 0.6) is 0 Å². The molecule has 0 aliphatic carbocycles. The lowest BCUT2D eigenvalue weighted by molar-refractivity contribution is 0.00578. The van der Waals surface area contributed by atoms with E-state index in [2.05, 4.69) is 30.4 Å². The Labute approximate surface area is 151 Å². The summed E-state index contributed by atoms with van der Waals surface area (Å²) in [5.74, 6) is 1.91. The fourth-order valence-corrected chi connectivity index (χ4v) is 2.61. The smallest absolute Gasteiger partial charge is 0.400 e. The minimum atomic E-state index is -0.361. The van der Waals surface area contributed by atoms with E-state index in [1.54, 1.807) is 6.08 Å². The first-order chi connectivity index (χ1) is 11.7. The first kappa shape index (κ1) is 19.3. The van der Waals surface area contributed by atoms with E-state index in [1.165, 1.54) is 5.56 Å². The number of nitriles is 1. The van der Waals surface area contributed by atoms with Crippen molar-refractivity contribution >= 4 is 7.12 Å². The van der Waals surface area contributed by atoms with Crippen LogP contribution in [0.3, 0.4) is 0 Å². The third kappa shape index (κ3) is 4.98. The van der Waals surface area contributed by atoms with Crippen LogP contribution in [0, 0.1) is 11.3 Å². The normalized spacial score (nSPS) is 20.5. The van der Waals surface area contributed by atoms with Gasteiger partial charge in [-0.15, -0.1) is 0 Å². The molecule has 0 spiro atoms. The molecule has 1 saturated heterocycles. The van der Waals surface area contributed by atoms with Gasteiger partial charge in [0.15, 0.2) is 0 Å². The molecular weight excluding hydrogens is 311 g/mol. The molecule has 0 amide bonds. The van der Waals surface area contributed by atoms with Gasteiger partial charge in [-0.2, -0.15) is 5.26 Å². The van der Waals surface area contributed by atoms with Gasteiger partial charge in [0.2, 0.25) is 0 Å². The molecule has 1 N–H and O–H groups in total. The van der Waals surface area contributed by atoms with Crippen LogP contribution >= 0.6 is 0 Å². The molecule has 1 aliphatic rings. The summed E-state index contributed by atoms with van der Waals surface area (Å²) in [6, 6.07) is 12.4. The molecule has 0 bridgehead atoms. The van der Waals surface area contributed by atoms with E-state index >= 15 is 0 Å². The molecule has 1 heterocycles. The lowest BCUT2D eigenvalue weighted by Gasteiger charge is -2.32. The molecule has 25 heavy (non-hydrogen) atoms. The van der Waals surface area contributed by atoms with Gasteiger partial charge >= 0.3 is 7.12 Å². The van der Waals surface area contributed by atoms with Crippen LogP contribution in [-0.2, 0) is 9.31 Å². The molecular formula is C20H27BN2O2. The van der Waals surface area contributed by atoms with Gasteiger partial charge in [0.1, 0.15) is 0 Å². The highest BCUT2D eigenvalue weighted by Gasteiger charge is 2.49. The molecule has 5 heteroatoms. The summed E-state index contributed by atoms with van der Waals surface area (Å²) in [6.45, 7) is 10.2. The fraction of sp³-hybridized carbons (Fsp3) is 0.450. The van der Waals surface area contributed by atoms with Crippen molar-refractivity contribution in [3.05, 3.63) is 59.7 Å². The third-order valence-electron chi connectivity index (χ3n) is 4.84. The van der Waals surface area contributed by atoms with Gasteiger partial charge in [0.25, 0.3) is 0 Å². The van der Waals surface area contributed by atoms with Gasteiger partial charge in [-0.3, -0.25) is 0 Å². The van der Waals surface area contributed by atoms with Gasteiger partial charge in [0, 0.05) is 24.2 Å². The molecule has 0 saturated carbocycles. The maximum atomic E-state index is 9.03. The van der Waals surface area contributed by atoms with Crippen molar-refractivity contribution in [1.82, 2.24) is 5.32 Å². The van der Waals surface area contributed by atoms with Gasteiger partial charge in [-0.25, -0.2) is 0 Å². The Kier molecular flexibility index (Phi) is 6.10. The molecule has 1 fully saturated rings. The van der Waals surface area contributed by atoms with E-state index in [1.807, 2.05) is 57.9 Å². The monoisotopic (exact) mass is 338 g/mol. The average Bonchev–Trinajstić information content (AvgIpc) is 2.75. The second-order valence-corrected chi connectivity index (χ2v) is 7.33. The number of nitrogens with one attached hydrogen (secondary N) is 1. The van der Waals surface area contributed by atoms with Crippen LogP contribution in [-0.4, -0.2) is 18.3 Å². The molecule has 1 atom stereocenters. The Hall–Kier alpha value is -2.03. The Morgan fingerprint density at radius 1 is 1.20 bits per heavy atom. The van der Waals surface area contributed by atoms with Gasteiger partial charge in [-0.05, 0) is 40.2 Å². The minimum Gasteiger partial charge on any atom is -0.400 e. The quantitative estimate of drug-likeness (QED) is 0.620. The number of nitrogens with zero attached hydrogens (tertiary/aromatic N) is 1. The minimum absolute atomic E-state index is 0.131. The third-order valence-corrected chi connectivity index (χ3v) is 4.84. The van der Waals surface area contributed by atoms with Crippen molar-refractivity contribution < 1.29 is 9.31 Å². The number of allylic oxidation sites excluding steroid dienone is 2. The molecule has 132 valence electrons. The van der Waals surface area contributed by atoms with E-state index in [-0.39, 0.29) is 24.4 Å². The summed E-state index contributed by atoms with van der Waals surface area (Å²) in [4.78, 5) is 0. The van der Waals surface area contributed by atoms with E-state index in [9.17, 15) is 0 Å². The number of hydrogen-bond acceptors (Lipinski definition) is 4. The molecule has 2 rings (SSSR count). The Balaban J connectivity index is 1.95. The average molecular weight is 338 g/mol. The molecule has 0 aromatic heterocycles. The van der Waals surface area contributed by atoms with Crippen molar-refractivity contribution in [2.24, 2.45) is 0 Å². The van der Waals surface area contributed by atoms with E-state index in [0.29, 0.717) is 6.42 Å². The predicted octanol–water partition coefficient (Wildman–Crippen LogP) is 4.32. The first-order valence-corrected chi connectivity index (χ1v) is 8.67. The summed E-state index contributed by atoms with van der Waals surface area (Å²) >= 11 is 0. The zero-order valence-corrected chi connectivity index (χ0v) is 15.7. The summed E-state index contributed by atoms with van der Waals surface area (Å²) in [7, 11) is -0.361. The lowest BCUT2D eigenvalue weighted by Crippen LogP contribution is -2.41. The number of rotatable bonds is 6. The van der Waals surface area contributed by atoms with Crippen LogP contribution in [0.1, 0.15) is 52.6 Å². The van der Waals surface area contributed by atoms with Crippen LogP contribution in [0.2, 0.25) is 0 Å². The Bertz CT molecular complexity index is 659. The fourth-order valence-electron chi connectivity index (χ4n) is 2.61. The maximum Gasteiger partial charge on any atom is 0.486 e. The molecule has 1 aliphatic heterocycles. The summed E-state index contributed by atoms with van der Waals surface area (Å²) in [5, 5.41) is 12.4. The molecule has 1 unspecified atom stereocenters. The topological polar surface area (TPSA) is 54.3 Å². The van der Waals surface area contributed by atoms with Gasteiger partial charge < -0.3 is 14.6 Å². The highest BCUT2D eigenvalue weighted by Crippen LogP contribution is 2.36. The molecule has 0 radical (unpaired) electrons. The largest absolute Gasteiger partial charge is 0.486 e. The zero-order chi connectivity index (χ0) is 18.5. The summed E-state index contributed by atoms with van der Waals surface area (Å²) in [5.41, 5.74) is 1.37. The van der Waals surface area contributed by atoms with Crippen molar-refractivity contribution in [3.8, 4) is 6.07 Å². The lowest BCUT2D eigenvalue weighted by atomic mass is 9.89. The Morgan fingerprint density at radius 2 is 1.80 bits per heavy atom.